The van der Waals surface area contributed by atoms with Gasteiger partial charge < -0.3 is 4.74 Å². The lowest BCUT2D eigenvalue weighted by atomic mass is 10.2. The molecule has 0 N–H and O–H groups in total. The van der Waals surface area contributed by atoms with E-state index in [0.717, 1.165) is 21.9 Å². The van der Waals surface area contributed by atoms with Crippen molar-refractivity contribution in [2.45, 2.75) is 4.90 Å². The molecule has 0 radical (unpaired) electrons. The van der Waals surface area contributed by atoms with Crippen LogP contribution in [0.1, 0.15) is 5.56 Å². The quantitative estimate of drug-likeness (QED) is 0.643. The van der Waals surface area contributed by atoms with E-state index in [0.29, 0.717) is 0 Å². The van der Waals surface area contributed by atoms with Crippen molar-refractivity contribution in [1.82, 2.24) is 0 Å². The number of nitrogens with zero attached hydrogens (tertiary/aromatic N) is 1. The number of ether oxygens (including phenoxy) is 1. The zero-order valence-electron chi connectivity index (χ0n) is 9.50. The van der Waals surface area contributed by atoms with Crippen molar-refractivity contribution in [2.24, 2.45) is 4.99 Å². The van der Waals surface area contributed by atoms with Gasteiger partial charge in [0.05, 0.1) is 12.8 Å². The van der Waals surface area contributed by atoms with Crippen LogP contribution in [0, 0.1) is 0 Å². The molecule has 2 aromatic rings. The Morgan fingerprint density at radius 2 is 1.65 bits per heavy atom. The number of methoxy groups -OCH3 is 1. The van der Waals surface area contributed by atoms with Crippen molar-refractivity contribution in [3.05, 3.63) is 54.1 Å². The van der Waals surface area contributed by atoms with Gasteiger partial charge in [0, 0.05) is 11.1 Å². The average molecular weight is 243 g/mol. The maximum atomic E-state index is 5.09. The van der Waals surface area contributed by atoms with Crippen molar-refractivity contribution >= 4 is 24.5 Å². The summed E-state index contributed by atoms with van der Waals surface area (Å²) in [7, 11) is 1.65. The fourth-order valence-corrected chi connectivity index (χ4v) is 1.53. The van der Waals surface area contributed by atoms with Crippen LogP contribution in [-0.4, -0.2) is 13.3 Å². The Labute approximate surface area is 106 Å². The van der Waals surface area contributed by atoms with E-state index < -0.39 is 0 Å². The summed E-state index contributed by atoms with van der Waals surface area (Å²) in [6.07, 6.45) is 1.83. The number of benzene rings is 2. The molecule has 2 nitrogen and oxygen atoms in total. The Bertz CT molecular complexity index is 503. The van der Waals surface area contributed by atoms with Crippen molar-refractivity contribution in [2.75, 3.05) is 7.11 Å². The van der Waals surface area contributed by atoms with Crippen LogP contribution in [0.5, 0.6) is 5.75 Å². The predicted octanol–water partition coefficient (Wildman–Crippen LogP) is 3.73. The van der Waals surface area contributed by atoms with E-state index in [9.17, 15) is 0 Å². The van der Waals surface area contributed by atoms with Gasteiger partial charge in [-0.15, -0.1) is 12.6 Å². The zero-order valence-corrected chi connectivity index (χ0v) is 10.4. The summed E-state index contributed by atoms with van der Waals surface area (Å²) in [5.41, 5.74) is 1.96. The molecule has 0 aromatic heterocycles. The lowest BCUT2D eigenvalue weighted by Gasteiger charge is -1.99. The number of hydrogen-bond donors (Lipinski definition) is 1. The van der Waals surface area contributed by atoms with Crippen LogP contribution in [0.2, 0.25) is 0 Å². The van der Waals surface area contributed by atoms with Gasteiger partial charge in [0.15, 0.2) is 0 Å². The van der Waals surface area contributed by atoms with Crippen LogP contribution in [0.4, 0.5) is 5.69 Å². The van der Waals surface area contributed by atoms with Gasteiger partial charge in [0.1, 0.15) is 5.75 Å². The second-order valence-corrected chi connectivity index (χ2v) is 4.06. The molecule has 0 atom stereocenters. The Balaban J connectivity index is 2.11. The fraction of sp³-hybridized carbons (Fsp3) is 0.0714. The third kappa shape index (κ3) is 3.36. The summed E-state index contributed by atoms with van der Waals surface area (Å²) < 4.78 is 5.09. The summed E-state index contributed by atoms with van der Waals surface area (Å²) >= 11 is 4.23. The number of hydrogen-bond acceptors (Lipinski definition) is 3. The van der Waals surface area contributed by atoms with Gasteiger partial charge in [-0.05, 0) is 54.1 Å². The highest BCUT2D eigenvalue weighted by Gasteiger charge is 1.91. The lowest BCUT2D eigenvalue weighted by molar-refractivity contribution is 0.415. The first-order valence-corrected chi connectivity index (χ1v) is 5.70. The van der Waals surface area contributed by atoms with Gasteiger partial charge in [0.2, 0.25) is 0 Å². The third-order valence-electron chi connectivity index (χ3n) is 2.33. The first-order chi connectivity index (χ1) is 8.28. The molecule has 17 heavy (non-hydrogen) atoms. The van der Waals surface area contributed by atoms with E-state index in [-0.39, 0.29) is 0 Å². The summed E-state index contributed by atoms with van der Waals surface area (Å²) in [5, 5.41) is 0. The van der Waals surface area contributed by atoms with Crippen LogP contribution in [0.3, 0.4) is 0 Å². The molecule has 0 aliphatic rings. The molecule has 0 bridgehead atoms. The maximum Gasteiger partial charge on any atom is 0.118 e. The van der Waals surface area contributed by atoms with E-state index in [1.807, 2.05) is 54.7 Å². The Hall–Kier alpha value is -1.74. The Morgan fingerprint density at radius 1 is 1.00 bits per heavy atom. The Kier molecular flexibility index (Phi) is 3.83. The van der Waals surface area contributed by atoms with E-state index in [4.69, 9.17) is 4.74 Å². The summed E-state index contributed by atoms with van der Waals surface area (Å²) in [6.45, 7) is 0. The van der Waals surface area contributed by atoms with Crippen molar-refractivity contribution < 1.29 is 4.74 Å². The second-order valence-electron chi connectivity index (χ2n) is 3.55. The van der Waals surface area contributed by atoms with E-state index >= 15 is 0 Å². The van der Waals surface area contributed by atoms with Gasteiger partial charge in [-0.2, -0.15) is 0 Å². The number of thiol groups is 1. The van der Waals surface area contributed by atoms with Gasteiger partial charge in [-0.1, -0.05) is 0 Å². The molecule has 0 aliphatic heterocycles. The summed E-state index contributed by atoms with van der Waals surface area (Å²) in [5.74, 6) is 0.849. The van der Waals surface area contributed by atoms with Crippen LogP contribution >= 0.6 is 12.6 Å². The van der Waals surface area contributed by atoms with Crippen LogP contribution in [0.25, 0.3) is 0 Å². The fourth-order valence-electron chi connectivity index (χ4n) is 1.38. The topological polar surface area (TPSA) is 21.6 Å². The SMILES string of the molecule is COc1ccc(C=Nc2ccc(S)cc2)cc1. The van der Waals surface area contributed by atoms with E-state index in [2.05, 4.69) is 17.6 Å². The minimum atomic E-state index is 0.849. The minimum Gasteiger partial charge on any atom is -0.497 e. The molecule has 0 amide bonds. The molecule has 0 heterocycles. The molecule has 0 saturated heterocycles. The van der Waals surface area contributed by atoms with Crippen LogP contribution in [-0.2, 0) is 0 Å². The first-order valence-electron chi connectivity index (χ1n) is 5.25. The molecule has 0 spiro atoms. The Morgan fingerprint density at radius 3 is 2.24 bits per heavy atom. The van der Waals surface area contributed by atoms with Crippen molar-refractivity contribution in [1.29, 1.82) is 0 Å². The predicted molar refractivity (Wildman–Crippen MR) is 73.9 cm³/mol. The largest absolute Gasteiger partial charge is 0.497 e. The van der Waals surface area contributed by atoms with Crippen LogP contribution in [0.15, 0.2) is 58.4 Å². The average Bonchev–Trinajstić information content (AvgIpc) is 2.39. The standard InChI is InChI=1S/C14H13NOS/c1-16-13-6-2-11(3-7-13)10-15-12-4-8-14(17)9-5-12/h2-10,17H,1H3. The van der Waals surface area contributed by atoms with Gasteiger partial charge >= 0.3 is 0 Å². The molecule has 2 aromatic carbocycles. The molecule has 0 unspecified atom stereocenters. The lowest BCUT2D eigenvalue weighted by Crippen LogP contribution is -1.84. The smallest absolute Gasteiger partial charge is 0.118 e. The molecule has 0 aliphatic carbocycles. The summed E-state index contributed by atoms with van der Waals surface area (Å²) in [4.78, 5) is 5.31. The molecular formula is C14H13NOS. The molecule has 0 saturated carbocycles. The van der Waals surface area contributed by atoms with Gasteiger partial charge in [0.25, 0.3) is 0 Å². The first kappa shape index (κ1) is 11.7. The highest BCUT2D eigenvalue weighted by atomic mass is 32.1. The molecule has 0 fully saturated rings. The third-order valence-corrected chi connectivity index (χ3v) is 2.63. The maximum absolute atomic E-state index is 5.09. The number of rotatable bonds is 3. The monoisotopic (exact) mass is 243 g/mol. The van der Waals surface area contributed by atoms with Gasteiger partial charge in [-0.3, -0.25) is 4.99 Å². The van der Waals surface area contributed by atoms with E-state index in [1.165, 1.54) is 0 Å². The molecular weight excluding hydrogens is 230 g/mol. The van der Waals surface area contributed by atoms with E-state index in [1.54, 1.807) is 7.11 Å². The van der Waals surface area contributed by atoms with Crippen molar-refractivity contribution in [3.8, 4) is 5.75 Å². The summed E-state index contributed by atoms with van der Waals surface area (Å²) in [6, 6.07) is 15.5. The molecule has 86 valence electrons. The normalized spacial score (nSPS) is 10.7. The zero-order chi connectivity index (χ0) is 12.1. The van der Waals surface area contributed by atoms with Gasteiger partial charge in [-0.25, -0.2) is 0 Å². The minimum absolute atomic E-state index is 0.849. The highest BCUT2D eigenvalue weighted by molar-refractivity contribution is 7.80. The molecule has 3 heteroatoms. The molecule has 2 rings (SSSR count). The number of aliphatic imine (C=N–C) groups is 1. The van der Waals surface area contributed by atoms with Crippen molar-refractivity contribution in [3.63, 3.8) is 0 Å². The second kappa shape index (κ2) is 5.55. The highest BCUT2D eigenvalue weighted by Crippen LogP contribution is 2.15. The van der Waals surface area contributed by atoms with Crippen LogP contribution < -0.4 is 4.74 Å².